The molecule has 0 aliphatic heterocycles. The number of anilines is 1. The minimum atomic E-state index is 0.426. The van der Waals surface area contributed by atoms with Crippen molar-refractivity contribution in [3.63, 3.8) is 0 Å². The molecule has 12 heavy (non-hydrogen) atoms. The Morgan fingerprint density at radius 3 is 2.83 bits per heavy atom. The van der Waals surface area contributed by atoms with Gasteiger partial charge in [0.1, 0.15) is 5.82 Å². The van der Waals surface area contributed by atoms with Gasteiger partial charge in [-0.25, -0.2) is 4.98 Å². The monoisotopic (exact) mass is 184 g/mol. The third-order valence-corrected chi connectivity index (χ3v) is 1.62. The standard InChI is InChI=1S/C7H12N4S/c1-11(2)4-5-3-9-7(12)10-6(5)8/h3H,4H2,1-2H3,(H3,8,9,10,12). The predicted octanol–water partition coefficient (Wildman–Crippen LogP) is 0.783. The molecule has 0 bridgehead atoms. The second-order valence-corrected chi connectivity index (χ2v) is 3.25. The molecule has 5 heteroatoms. The molecule has 1 rings (SSSR count). The van der Waals surface area contributed by atoms with Gasteiger partial charge in [-0.2, -0.15) is 0 Å². The molecule has 0 amide bonds. The minimum absolute atomic E-state index is 0.426. The first-order valence-corrected chi connectivity index (χ1v) is 3.99. The molecule has 0 aromatic carbocycles. The summed E-state index contributed by atoms with van der Waals surface area (Å²) >= 11 is 4.81. The molecule has 0 aliphatic carbocycles. The first-order valence-electron chi connectivity index (χ1n) is 3.58. The van der Waals surface area contributed by atoms with Gasteiger partial charge in [-0.1, -0.05) is 0 Å². The molecule has 0 spiro atoms. The Hall–Kier alpha value is -0.940. The van der Waals surface area contributed by atoms with Crippen LogP contribution in [-0.2, 0) is 6.54 Å². The number of nitrogen functional groups attached to an aromatic ring is 1. The molecule has 66 valence electrons. The van der Waals surface area contributed by atoms with E-state index in [4.69, 9.17) is 18.0 Å². The molecular weight excluding hydrogens is 172 g/mol. The third kappa shape index (κ3) is 2.28. The highest BCUT2D eigenvalue weighted by Crippen LogP contribution is 2.07. The molecule has 0 atom stereocenters. The molecular formula is C7H12N4S. The number of nitrogens with two attached hydrogens (primary N) is 1. The van der Waals surface area contributed by atoms with E-state index in [0.717, 1.165) is 12.1 Å². The van der Waals surface area contributed by atoms with E-state index in [1.54, 1.807) is 6.20 Å². The zero-order chi connectivity index (χ0) is 9.14. The van der Waals surface area contributed by atoms with E-state index in [-0.39, 0.29) is 0 Å². The molecule has 0 fully saturated rings. The average Bonchev–Trinajstić information content (AvgIpc) is 1.94. The Labute approximate surface area is 76.4 Å². The number of aromatic amines is 1. The molecule has 3 N–H and O–H groups in total. The molecule has 0 unspecified atom stereocenters. The van der Waals surface area contributed by atoms with Gasteiger partial charge in [-0.3, -0.25) is 0 Å². The first-order chi connectivity index (χ1) is 5.59. The predicted molar refractivity (Wildman–Crippen MR) is 51.2 cm³/mol. The maximum Gasteiger partial charge on any atom is 0.198 e. The highest BCUT2D eigenvalue weighted by molar-refractivity contribution is 7.71. The normalized spacial score (nSPS) is 10.6. The van der Waals surface area contributed by atoms with Gasteiger partial charge in [0, 0.05) is 18.3 Å². The summed E-state index contributed by atoms with van der Waals surface area (Å²) in [6.07, 6.45) is 1.70. The van der Waals surface area contributed by atoms with Crippen molar-refractivity contribution in [3.05, 3.63) is 16.5 Å². The van der Waals surface area contributed by atoms with Crippen molar-refractivity contribution < 1.29 is 0 Å². The summed E-state index contributed by atoms with van der Waals surface area (Å²) in [7, 11) is 3.95. The molecule has 0 saturated carbocycles. The second kappa shape index (κ2) is 3.64. The van der Waals surface area contributed by atoms with Gasteiger partial charge in [0.25, 0.3) is 0 Å². The van der Waals surface area contributed by atoms with E-state index < -0.39 is 0 Å². The van der Waals surface area contributed by atoms with Crippen LogP contribution in [0.15, 0.2) is 6.20 Å². The third-order valence-electron chi connectivity index (χ3n) is 1.41. The van der Waals surface area contributed by atoms with Crippen LogP contribution in [0.1, 0.15) is 5.56 Å². The van der Waals surface area contributed by atoms with Crippen LogP contribution in [0.5, 0.6) is 0 Å². The van der Waals surface area contributed by atoms with Gasteiger partial charge in [-0.15, -0.1) is 0 Å². The minimum Gasteiger partial charge on any atom is -0.385 e. The zero-order valence-corrected chi connectivity index (χ0v) is 7.98. The van der Waals surface area contributed by atoms with Gasteiger partial charge in [-0.05, 0) is 26.3 Å². The molecule has 0 saturated heterocycles. The molecule has 4 nitrogen and oxygen atoms in total. The Balaban J connectivity index is 2.94. The van der Waals surface area contributed by atoms with Crippen LogP contribution < -0.4 is 5.73 Å². The lowest BCUT2D eigenvalue weighted by Gasteiger charge is -2.10. The van der Waals surface area contributed by atoms with Crippen molar-refractivity contribution in [3.8, 4) is 0 Å². The summed E-state index contributed by atoms with van der Waals surface area (Å²) in [6.45, 7) is 0.769. The van der Waals surface area contributed by atoms with Gasteiger partial charge in [0.05, 0.1) is 0 Å². The van der Waals surface area contributed by atoms with Crippen LogP contribution in [-0.4, -0.2) is 29.0 Å². The van der Waals surface area contributed by atoms with Gasteiger partial charge < -0.3 is 15.6 Å². The molecule has 0 radical (unpaired) electrons. The van der Waals surface area contributed by atoms with Crippen molar-refractivity contribution in [2.24, 2.45) is 0 Å². The summed E-state index contributed by atoms with van der Waals surface area (Å²) in [5, 5.41) is 0. The molecule has 1 aromatic rings. The van der Waals surface area contributed by atoms with Crippen LogP contribution in [0, 0.1) is 4.77 Å². The number of hydrogen-bond donors (Lipinski definition) is 2. The van der Waals surface area contributed by atoms with Gasteiger partial charge in [0.15, 0.2) is 4.77 Å². The van der Waals surface area contributed by atoms with Crippen molar-refractivity contribution in [2.45, 2.75) is 6.54 Å². The van der Waals surface area contributed by atoms with Crippen LogP contribution in [0.25, 0.3) is 0 Å². The van der Waals surface area contributed by atoms with Crippen molar-refractivity contribution in [1.29, 1.82) is 0 Å². The zero-order valence-electron chi connectivity index (χ0n) is 7.16. The van der Waals surface area contributed by atoms with E-state index in [2.05, 4.69) is 9.97 Å². The number of H-pyrrole nitrogens is 1. The number of nitrogens with one attached hydrogen (secondary N) is 1. The van der Waals surface area contributed by atoms with Crippen molar-refractivity contribution >= 4 is 18.0 Å². The number of rotatable bonds is 2. The van der Waals surface area contributed by atoms with E-state index in [1.165, 1.54) is 0 Å². The number of nitrogens with zero attached hydrogens (tertiary/aromatic N) is 2. The van der Waals surface area contributed by atoms with Crippen molar-refractivity contribution in [2.75, 3.05) is 19.8 Å². The summed E-state index contributed by atoms with van der Waals surface area (Å²) < 4.78 is 0.426. The quantitative estimate of drug-likeness (QED) is 0.667. The van der Waals surface area contributed by atoms with Gasteiger partial charge in [0.2, 0.25) is 0 Å². The summed E-state index contributed by atoms with van der Waals surface area (Å²) in [6, 6.07) is 0. The SMILES string of the molecule is CN(C)Cc1cnc(=S)[nH]c1N. The molecule has 0 aliphatic rings. The highest BCUT2D eigenvalue weighted by atomic mass is 32.1. The maximum absolute atomic E-state index is 5.68. The lowest BCUT2D eigenvalue weighted by atomic mass is 10.3. The summed E-state index contributed by atoms with van der Waals surface area (Å²) in [5.74, 6) is 0.601. The van der Waals surface area contributed by atoms with E-state index in [0.29, 0.717) is 10.6 Å². The molecule has 1 aromatic heterocycles. The van der Waals surface area contributed by atoms with Crippen LogP contribution in [0.4, 0.5) is 5.82 Å². The second-order valence-electron chi connectivity index (χ2n) is 2.87. The van der Waals surface area contributed by atoms with Crippen LogP contribution in [0.3, 0.4) is 0 Å². The highest BCUT2D eigenvalue weighted by Gasteiger charge is 2.00. The largest absolute Gasteiger partial charge is 0.385 e. The smallest absolute Gasteiger partial charge is 0.198 e. The van der Waals surface area contributed by atoms with Crippen molar-refractivity contribution in [1.82, 2.24) is 14.9 Å². The Kier molecular flexibility index (Phi) is 2.78. The summed E-state index contributed by atoms with van der Waals surface area (Å²) in [4.78, 5) is 8.76. The topological polar surface area (TPSA) is 57.9 Å². The fourth-order valence-corrected chi connectivity index (χ4v) is 1.06. The maximum atomic E-state index is 5.68. The van der Waals surface area contributed by atoms with E-state index in [1.807, 2.05) is 19.0 Å². The average molecular weight is 184 g/mol. The Morgan fingerprint density at radius 2 is 2.33 bits per heavy atom. The Morgan fingerprint density at radius 1 is 1.67 bits per heavy atom. The number of hydrogen-bond acceptors (Lipinski definition) is 4. The van der Waals surface area contributed by atoms with E-state index in [9.17, 15) is 0 Å². The lowest BCUT2D eigenvalue weighted by molar-refractivity contribution is 0.402. The fourth-order valence-electron chi connectivity index (χ4n) is 0.901. The number of aromatic nitrogens is 2. The van der Waals surface area contributed by atoms with Crippen LogP contribution >= 0.6 is 12.2 Å². The fraction of sp³-hybridized carbons (Fsp3) is 0.429. The van der Waals surface area contributed by atoms with E-state index >= 15 is 0 Å². The first kappa shape index (κ1) is 9.15. The summed E-state index contributed by atoms with van der Waals surface area (Å²) in [5.41, 5.74) is 6.65. The van der Waals surface area contributed by atoms with Gasteiger partial charge >= 0.3 is 0 Å². The van der Waals surface area contributed by atoms with Crippen LogP contribution in [0.2, 0.25) is 0 Å². The molecule has 1 heterocycles. The lowest BCUT2D eigenvalue weighted by Crippen LogP contribution is -2.13. The Bertz CT molecular complexity index is 317.